The number of amides is 1. The van der Waals surface area contributed by atoms with Gasteiger partial charge < -0.3 is 10.5 Å². The predicted molar refractivity (Wildman–Crippen MR) is 60.5 cm³/mol. The quantitative estimate of drug-likeness (QED) is 0.725. The fraction of sp³-hybridized carbons (Fsp3) is 0.364. The third-order valence-electron chi connectivity index (χ3n) is 2.56. The molecule has 1 saturated heterocycles. The molecule has 1 aromatic rings. The van der Waals surface area contributed by atoms with Crippen molar-refractivity contribution in [2.75, 3.05) is 18.6 Å². The van der Waals surface area contributed by atoms with Crippen molar-refractivity contribution in [3.05, 3.63) is 23.9 Å². The van der Waals surface area contributed by atoms with Crippen molar-refractivity contribution in [2.45, 2.75) is 12.5 Å². The van der Waals surface area contributed by atoms with Crippen LogP contribution in [0.15, 0.2) is 18.2 Å². The van der Waals surface area contributed by atoms with Crippen molar-refractivity contribution in [1.29, 1.82) is 0 Å². The van der Waals surface area contributed by atoms with Crippen LogP contribution in [0.25, 0.3) is 0 Å². The topological polar surface area (TPSA) is 85.5 Å². The van der Waals surface area contributed by atoms with Gasteiger partial charge in [0.2, 0.25) is 5.91 Å². The van der Waals surface area contributed by atoms with E-state index in [4.69, 9.17) is 5.73 Å². The van der Waals surface area contributed by atoms with Crippen LogP contribution in [0.2, 0.25) is 0 Å². The second-order valence-corrected chi connectivity index (χ2v) is 3.84. The van der Waals surface area contributed by atoms with E-state index in [-0.39, 0.29) is 17.6 Å². The minimum Gasteiger partial charge on any atom is -0.464 e. The first-order valence-electron chi connectivity index (χ1n) is 5.23. The molecular formula is C11H13N3O3. The van der Waals surface area contributed by atoms with Crippen molar-refractivity contribution < 1.29 is 14.3 Å². The third kappa shape index (κ3) is 2.26. The number of pyridine rings is 1. The number of nitrogens with zero attached hydrogens (tertiary/aromatic N) is 2. The summed E-state index contributed by atoms with van der Waals surface area (Å²) >= 11 is 0. The monoisotopic (exact) mass is 235 g/mol. The molecule has 1 aliphatic heterocycles. The van der Waals surface area contributed by atoms with Crippen LogP contribution in [0.4, 0.5) is 5.82 Å². The summed E-state index contributed by atoms with van der Waals surface area (Å²) in [6, 6.07) is 4.69. The highest BCUT2D eigenvalue weighted by Crippen LogP contribution is 2.18. The molecule has 1 unspecified atom stereocenters. The molecule has 0 spiro atoms. The van der Waals surface area contributed by atoms with E-state index in [9.17, 15) is 9.59 Å². The SMILES string of the molecule is COC(=O)c1cccc(N2CC(N)CC2=O)n1. The molecule has 0 bridgehead atoms. The second kappa shape index (κ2) is 4.50. The molecule has 1 amide bonds. The fourth-order valence-corrected chi connectivity index (χ4v) is 1.75. The summed E-state index contributed by atoms with van der Waals surface area (Å²) in [4.78, 5) is 28.5. The van der Waals surface area contributed by atoms with Crippen LogP contribution in [0.3, 0.4) is 0 Å². The number of methoxy groups -OCH3 is 1. The van der Waals surface area contributed by atoms with E-state index in [1.165, 1.54) is 18.1 Å². The number of ether oxygens (including phenoxy) is 1. The van der Waals surface area contributed by atoms with E-state index in [2.05, 4.69) is 9.72 Å². The largest absolute Gasteiger partial charge is 0.464 e. The Bertz CT molecular complexity index is 461. The van der Waals surface area contributed by atoms with Gasteiger partial charge in [-0.15, -0.1) is 0 Å². The van der Waals surface area contributed by atoms with E-state index in [1.807, 2.05) is 0 Å². The molecule has 2 heterocycles. The molecule has 2 N–H and O–H groups in total. The zero-order valence-electron chi connectivity index (χ0n) is 9.42. The van der Waals surface area contributed by atoms with Crippen LogP contribution in [0, 0.1) is 0 Å². The summed E-state index contributed by atoms with van der Waals surface area (Å²) in [6.45, 7) is 0.427. The van der Waals surface area contributed by atoms with Gasteiger partial charge >= 0.3 is 5.97 Å². The average molecular weight is 235 g/mol. The number of aromatic nitrogens is 1. The van der Waals surface area contributed by atoms with Crippen molar-refractivity contribution in [3.63, 3.8) is 0 Å². The number of carbonyl (C=O) groups excluding carboxylic acids is 2. The molecule has 6 nitrogen and oxygen atoms in total. The lowest BCUT2D eigenvalue weighted by atomic mass is 10.3. The number of hydrogen-bond acceptors (Lipinski definition) is 5. The van der Waals surface area contributed by atoms with Gasteiger partial charge in [-0.3, -0.25) is 9.69 Å². The van der Waals surface area contributed by atoms with Gasteiger partial charge in [-0.2, -0.15) is 0 Å². The van der Waals surface area contributed by atoms with Crippen molar-refractivity contribution in [3.8, 4) is 0 Å². The first kappa shape index (κ1) is 11.5. The molecule has 0 aromatic carbocycles. The maximum atomic E-state index is 11.6. The van der Waals surface area contributed by atoms with Crippen molar-refractivity contribution in [1.82, 2.24) is 4.98 Å². The average Bonchev–Trinajstić information content (AvgIpc) is 2.67. The van der Waals surface area contributed by atoms with Gasteiger partial charge in [0.1, 0.15) is 5.82 Å². The van der Waals surface area contributed by atoms with E-state index >= 15 is 0 Å². The zero-order chi connectivity index (χ0) is 12.4. The maximum absolute atomic E-state index is 11.6. The minimum atomic E-state index is -0.525. The standard InChI is InChI=1S/C11H13N3O3/c1-17-11(16)8-3-2-4-9(13-8)14-6-7(12)5-10(14)15/h2-4,7H,5-6,12H2,1H3. The lowest BCUT2D eigenvalue weighted by Gasteiger charge is -2.15. The summed E-state index contributed by atoms with van der Waals surface area (Å²) < 4.78 is 4.57. The Morgan fingerprint density at radius 2 is 2.35 bits per heavy atom. The smallest absolute Gasteiger partial charge is 0.356 e. The minimum absolute atomic E-state index is 0.0768. The maximum Gasteiger partial charge on any atom is 0.356 e. The van der Waals surface area contributed by atoms with Crippen LogP contribution in [0.5, 0.6) is 0 Å². The summed E-state index contributed by atoms with van der Waals surface area (Å²) in [5.41, 5.74) is 5.87. The van der Waals surface area contributed by atoms with Gasteiger partial charge in [0.05, 0.1) is 7.11 Å². The van der Waals surface area contributed by atoms with E-state index in [1.54, 1.807) is 12.1 Å². The lowest BCUT2D eigenvalue weighted by Crippen LogP contribution is -2.29. The van der Waals surface area contributed by atoms with Crippen LogP contribution >= 0.6 is 0 Å². The van der Waals surface area contributed by atoms with E-state index < -0.39 is 5.97 Å². The van der Waals surface area contributed by atoms with Gasteiger partial charge in [-0.25, -0.2) is 9.78 Å². The number of esters is 1. The Kier molecular flexibility index (Phi) is 3.06. The van der Waals surface area contributed by atoms with Gasteiger partial charge in [0.15, 0.2) is 5.69 Å². The highest BCUT2D eigenvalue weighted by Gasteiger charge is 2.29. The Hall–Kier alpha value is -1.95. The predicted octanol–water partition coefficient (Wildman–Crippen LogP) is -0.0678. The van der Waals surface area contributed by atoms with Crippen LogP contribution in [-0.4, -0.2) is 36.6 Å². The molecule has 2 rings (SSSR count). The molecule has 0 radical (unpaired) electrons. The highest BCUT2D eigenvalue weighted by atomic mass is 16.5. The molecule has 17 heavy (non-hydrogen) atoms. The highest BCUT2D eigenvalue weighted by molar-refractivity contribution is 5.96. The number of anilines is 1. The Morgan fingerprint density at radius 3 is 2.94 bits per heavy atom. The van der Waals surface area contributed by atoms with Gasteiger partial charge in [0.25, 0.3) is 0 Å². The van der Waals surface area contributed by atoms with Crippen LogP contribution in [-0.2, 0) is 9.53 Å². The molecular weight excluding hydrogens is 222 g/mol. The molecule has 1 atom stereocenters. The second-order valence-electron chi connectivity index (χ2n) is 3.84. The Balaban J connectivity index is 2.27. The van der Waals surface area contributed by atoms with Gasteiger partial charge in [-0.05, 0) is 12.1 Å². The van der Waals surface area contributed by atoms with Gasteiger partial charge in [-0.1, -0.05) is 6.07 Å². The number of carbonyl (C=O) groups is 2. The molecule has 1 aromatic heterocycles. The molecule has 0 aliphatic carbocycles. The Morgan fingerprint density at radius 1 is 1.59 bits per heavy atom. The van der Waals surface area contributed by atoms with Crippen LogP contribution < -0.4 is 10.6 Å². The van der Waals surface area contributed by atoms with E-state index in [0.717, 1.165) is 0 Å². The number of nitrogens with two attached hydrogens (primary N) is 1. The lowest BCUT2D eigenvalue weighted by molar-refractivity contribution is -0.117. The number of hydrogen-bond donors (Lipinski definition) is 1. The first-order valence-corrected chi connectivity index (χ1v) is 5.23. The molecule has 90 valence electrons. The van der Waals surface area contributed by atoms with Crippen molar-refractivity contribution in [2.24, 2.45) is 5.73 Å². The fourth-order valence-electron chi connectivity index (χ4n) is 1.75. The summed E-state index contributed by atoms with van der Waals surface area (Å²) in [5.74, 6) is -0.166. The first-order chi connectivity index (χ1) is 8.11. The molecule has 0 saturated carbocycles. The van der Waals surface area contributed by atoms with Crippen LogP contribution in [0.1, 0.15) is 16.9 Å². The van der Waals surface area contributed by atoms with E-state index in [0.29, 0.717) is 18.8 Å². The summed E-state index contributed by atoms with van der Waals surface area (Å²) in [5, 5.41) is 0. The Labute approximate surface area is 98.4 Å². The summed E-state index contributed by atoms with van der Waals surface area (Å²) in [7, 11) is 1.29. The summed E-state index contributed by atoms with van der Waals surface area (Å²) in [6.07, 6.45) is 0.310. The zero-order valence-corrected chi connectivity index (χ0v) is 9.42. The van der Waals surface area contributed by atoms with Crippen molar-refractivity contribution >= 4 is 17.7 Å². The molecule has 1 aliphatic rings. The number of rotatable bonds is 2. The molecule has 1 fully saturated rings. The molecule has 6 heteroatoms. The third-order valence-corrected chi connectivity index (χ3v) is 2.56. The van der Waals surface area contributed by atoms with Gasteiger partial charge in [0, 0.05) is 19.0 Å². The normalized spacial score (nSPS) is 19.5.